The summed E-state index contributed by atoms with van der Waals surface area (Å²) in [5.74, 6) is 1.54. The molecule has 0 spiro atoms. The van der Waals surface area contributed by atoms with Gasteiger partial charge in [0.25, 0.3) is 5.56 Å². The van der Waals surface area contributed by atoms with Gasteiger partial charge in [-0.25, -0.2) is 9.79 Å². The number of carbonyl (C=O) groups excluding carboxylic acids is 1. The highest BCUT2D eigenvalue weighted by atomic mass is 35.5. The smallest absolute Gasteiger partial charge is 0.338 e. The molecule has 2 aliphatic rings. The number of thiazole rings is 1. The molecule has 0 unspecified atom stereocenters. The van der Waals surface area contributed by atoms with Gasteiger partial charge in [0, 0.05) is 6.07 Å². The molecule has 0 radical (unpaired) electrons. The summed E-state index contributed by atoms with van der Waals surface area (Å²) in [6.07, 6.45) is 1.62. The monoisotopic (exact) mass is 556 g/mol. The molecule has 3 heterocycles. The summed E-state index contributed by atoms with van der Waals surface area (Å²) in [6.45, 7) is 5.66. The molecule has 0 bridgehead atoms. The number of aromatic nitrogens is 1. The first-order valence-corrected chi connectivity index (χ1v) is 13.0. The van der Waals surface area contributed by atoms with Gasteiger partial charge in [-0.2, -0.15) is 0 Å². The van der Waals surface area contributed by atoms with Gasteiger partial charge < -0.3 is 23.7 Å². The zero-order valence-electron chi connectivity index (χ0n) is 21.4. The number of ether oxygens (including phenoxy) is 5. The van der Waals surface area contributed by atoms with Gasteiger partial charge >= 0.3 is 5.97 Å². The van der Waals surface area contributed by atoms with Crippen molar-refractivity contribution in [3.05, 3.63) is 77.4 Å². The van der Waals surface area contributed by atoms with Gasteiger partial charge in [-0.05, 0) is 56.2 Å². The second-order valence-corrected chi connectivity index (χ2v) is 10.3. The molecule has 1 atom stereocenters. The van der Waals surface area contributed by atoms with Crippen molar-refractivity contribution in [1.82, 2.24) is 4.57 Å². The molecule has 0 N–H and O–H groups in total. The maximum absolute atomic E-state index is 13.8. The van der Waals surface area contributed by atoms with Crippen LogP contribution in [0.2, 0.25) is 5.02 Å². The van der Waals surface area contributed by atoms with Crippen molar-refractivity contribution in [3.63, 3.8) is 0 Å². The number of allylic oxidation sites excluding steroid dienone is 1. The number of esters is 1. The zero-order chi connectivity index (χ0) is 27.1. The summed E-state index contributed by atoms with van der Waals surface area (Å²) in [4.78, 5) is 31.8. The molecule has 2 aromatic carbocycles. The Morgan fingerprint density at radius 2 is 1.92 bits per heavy atom. The zero-order valence-corrected chi connectivity index (χ0v) is 22.9. The first kappa shape index (κ1) is 25.9. The van der Waals surface area contributed by atoms with E-state index in [0.29, 0.717) is 54.2 Å². The van der Waals surface area contributed by atoms with Gasteiger partial charge in [0.15, 0.2) is 27.8 Å². The lowest BCUT2D eigenvalue weighted by molar-refractivity contribution is -0.136. The minimum atomic E-state index is -0.796. The quantitative estimate of drug-likeness (QED) is 0.428. The molecule has 11 heteroatoms. The molecule has 198 valence electrons. The molecular formula is C27H25ClN2O7S. The van der Waals surface area contributed by atoms with Crippen molar-refractivity contribution in [2.24, 2.45) is 4.99 Å². The third-order valence-electron chi connectivity index (χ3n) is 6.07. The van der Waals surface area contributed by atoms with Crippen LogP contribution in [0.4, 0.5) is 0 Å². The van der Waals surface area contributed by atoms with Crippen LogP contribution in [-0.4, -0.2) is 37.7 Å². The third-order valence-corrected chi connectivity index (χ3v) is 7.38. The highest BCUT2D eigenvalue weighted by Gasteiger charge is 2.33. The van der Waals surface area contributed by atoms with Crippen LogP contribution in [0.15, 0.2) is 51.4 Å². The molecule has 5 rings (SSSR count). The molecular weight excluding hydrogens is 532 g/mol. The van der Waals surface area contributed by atoms with E-state index in [1.165, 1.54) is 30.1 Å². The van der Waals surface area contributed by atoms with E-state index in [-0.39, 0.29) is 24.0 Å². The fourth-order valence-electron chi connectivity index (χ4n) is 4.40. The largest absolute Gasteiger partial charge is 0.493 e. The fraction of sp³-hybridized carbons (Fsp3) is 0.296. The summed E-state index contributed by atoms with van der Waals surface area (Å²) in [5, 5.41) is 0.411. The predicted molar refractivity (Wildman–Crippen MR) is 142 cm³/mol. The topological polar surface area (TPSA) is 97.6 Å². The van der Waals surface area contributed by atoms with E-state index < -0.39 is 12.0 Å². The Labute approximate surface area is 227 Å². The summed E-state index contributed by atoms with van der Waals surface area (Å²) in [6, 6.07) is 7.91. The predicted octanol–water partition coefficient (Wildman–Crippen LogP) is 3.59. The van der Waals surface area contributed by atoms with Crippen molar-refractivity contribution in [2.45, 2.75) is 32.9 Å². The lowest BCUT2D eigenvalue weighted by atomic mass is 9.95. The Hall–Kier alpha value is -3.76. The number of hydrogen-bond donors (Lipinski definition) is 0. The van der Waals surface area contributed by atoms with Gasteiger partial charge in [0.1, 0.15) is 0 Å². The van der Waals surface area contributed by atoms with E-state index >= 15 is 0 Å². The average molecular weight is 557 g/mol. The summed E-state index contributed by atoms with van der Waals surface area (Å²) >= 11 is 7.66. The molecule has 3 aromatic rings. The average Bonchev–Trinajstić information content (AvgIpc) is 3.46. The Kier molecular flexibility index (Phi) is 6.93. The Balaban J connectivity index is 1.70. The minimum Gasteiger partial charge on any atom is -0.493 e. The second kappa shape index (κ2) is 10.2. The number of nitrogens with zero attached hydrogens (tertiary/aromatic N) is 2. The highest BCUT2D eigenvalue weighted by molar-refractivity contribution is 7.07. The molecule has 0 saturated heterocycles. The summed E-state index contributed by atoms with van der Waals surface area (Å²) in [5.41, 5.74) is 1.62. The van der Waals surface area contributed by atoms with Crippen molar-refractivity contribution >= 4 is 35.0 Å². The van der Waals surface area contributed by atoms with Crippen molar-refractivity contribution in [3.8, 4) is 23.0 Å². The maximum atomic E-state index is 13.8. The fourth-order valence-corrected chi connectivity index (χ4v) is 5.64. The van der Waals surface area contributed by atoms with E-state index in [4.69, 9.17) is 35.3 Å². The minimum absolute atomic E-state index is 0.0665. The highest BCUT2D eigenvalue weighted by Crippen LogP contribution is 2.38. The Morgan fingerprint density at radius 1 is 1.18 bits per heavy atom. The third kappa shape index (κ3) is 4.54. The van der Waals surface area contributed by atoms with Crippen LogP contribution in [0, 0.1) is 0 Å². The molecule has 9 nitrogen and oxygen atoms in total. The number of methoxy groups -OCH3 is 2. The van der Waals surface area contributed by atoms with Crippen LogP contribution >= 0.6 is 22.9 Å². The van der Waals surface area contributed by atoms with Gasteiger partial charge in [0.05, 0.1) is 47.2 Å². The lowest BCUT2D eigenvalue weighted by Crippen LogP contribution is -2.39. The SMILES string of the molecule is COC(=O)C1=C(C)N=c2sc(=Cc3cc4c(cc3Cl)OCO4)c(=O)n2[C@@H]1c1ccc(OC(C)C)c(OC)c1. The van der Waals surface area contributed by atoms with Gasteiger partial charge in [-0.3, -0.25) is 9.36 Å². The summed E-state index contributed by atoms with van der Waals surface area (Å²) in [7, 11) is 2.84. The van der Waals surface area contributed by atoms with Crippen LogP contribution in [0.25, 0.3) is 6.08 Å². The number of hydrogen-bond acceptors (Lipinski definition) is 9. The molecule has 38 heavy (non-hydrogen) atoms. The number of halogens is 1. The number of benzene rings is 2. The molecule has 0 aliphatic carbocycles. The van der Waals surface area contributed by atoms with Crippen LogP contribution in [0.1, 0.15) is 37.9 Å². The van der Waals surface area contributed by atoms with Crippen LogP contribution in [0.5, 0.6) is 23.0 Å². The molecule has 1 aromatic heterocycles. The first-order chi connectivity index (χ1) is 18.2. The molecule has 0 fully saturated rings. The summed E-state index contributed by atoms with van der Waals surface area (Å²) < 4.78 is 29.2. The Bertz CT molecular complexity index is 1650. The van der Waals surface area contributed by atoms with E-state index in [9.17, 15) is 9.59 Å². The maximum Gasteiger partial charge on any atom is 0.338 e. The van der Waals surface area contributed by atoms with Gasteiger partial charge in [-0.1, -0.05) is 29.0 Å². The van der Waals surface area contributed by atoms with E-state index in [0.717, 1.165) is 0 Å². The van der Waals surface area contributed by atoms with E-state index in [2.05, 4.69) is 4.99 Å². The molecule has 0 amide bonds. The Morgan fingerprint density at radius 3 is 2.61 bits per heavy atom. The van der Waals surface area contributed by atoms with Crippen LogP contribution < -0.4 is 33.8 Å². The standard InChI is InChI=1S/C27H25ClN2O7S/c1-13(2)37-18-7-6-15(8-19(18)33-4)24-23(26(32)34-5)14(3)29-27-30(24)25(31)22(38-27)10-16-9-20-21(11-17(16)28)36-12-35-20/h6-11,13,24H,12H2,1-5H3/t24-/m1/s1. The molecule has 2 aliphatic heterocycles. The van der Waals surface area contributed by atoms with E-state index in [1.54, 1.807) is 43.3 Å². The lowest BCUT2D eigenvalue weighted by Gasteiger charge is -2.25. The van der Waals surface area contributed by atoms with Crippen molar-refractivity contribution in [1.29, 1.82) is 0 Å². The van der Waals surface area contributed by atoms with Crippen LogP contribution in [0.3, 0.4) is 0 Å². The number of fused-ring (bicyclic) bond motifs is 2. The first-order valence-electron chi connectivity index (χ1n) is 11.8. The van der Waals surface area contributed by atoms with Gasteiger partial charge in [0.2, 0.25) is 6.79 Å². The second-order valence-electron chi connectivity index (χ2n) is 8.88. The number of carbonyl (C=O) groups is 1. The van der Waals surface area contributed by atoms with E-state index in [1.807, 2.05) is 13.8 Å². The normalized spacial score (nSPS) is 16.4. The number of rotatable bonds is 6. The van der Waals surface area contributed by atoms with Crippen molar-refractivity contribution in [2.75, 3.05) is 21.0 Å². The molecule has 0 saturated carbocycles. The van der Waals surface area contributed by atoms with Gasteiger partial charge in [-0.15, -0.1) is 0 Å². The van der Waals surface area contributed by atoms with Crippen molar-refractivity contribution < 1.29 is 28.5 Å². The van der Waals surface area contributed by atoms with Crippen LogP contribution in [-0.2, 0) is 9.53 Å².